The Bertz CT molecular complexity index is 233. The molecule has 1 rings (SSSR count). The fraction of sp³-hybridized carbons (Fsp3) is 0.556. The van der Waals surface area contributed by atoms with Crippen LogP contribution in [0.2, 0.25) is 0 Å². The van der Waals surface area contributed by atoms with Gasteiger partial charge >= 0.3 is 6.18 Å². The predicted octanol–water partition coefficient (Wildman–Crippen LogP) is 3.46. The minimum Gasteiger partial charge on any atom is -0.166 e. The van der Waals surface area contributed by atoms with Crippen LogP contribution >= 0.6 is 0 Å². The lowest BCUT2D eigenvalue weighted by Crippen LogP contribution is -2.17. The van der Waals surface area contributed by atoms with Gasteiger partial charge in [-0.2, -0.15) is 13.2 Å². The Hall–Kier alpha value is -0.730. The van der Waals surface area contributed by atoms with E-state index in [0.29, 0.717) is 0 Å². The molecule has 1 aliphatic carbocycles. The van der Waals surface area contributed by atoms with Crippen LogP contribution in [0, 0.1) is 5.92 Å². The summed E-state index contributed by atoms with van der Waals surface area (Å²) in [4.78, 5) is 0. The molecule has 0 heterocycles. The summed E-state index contributed by atoms with van der Waals surface area (Å²) in [6, 6.07) is 0. The second-order valence-corrected chi connectivity index (χ2v) is 3.21. The topological polar surface area (TPSA) is 0 Å². The second kappa shape index (κ2) is 2.96. The molecule has 0 bridgehead atoms. The largest absolute Gasteiger partial charge is 0.412 e. The molecule has 0 aromatic rings. The van der Waals surface area contributed by atoms with Crippen LogP contribution in [0.1, 0.15) is 20.3 Å². The maximum Gasteiger partial charge on any atom is 0.412 e. The van der Waals surface area contributed by atoms with Gasteiger partial charge in [-0.05, 0) is 19.3 Å². The van der Waals surface area contributed by atoms with Crippen molar-refractivity contribution in [2.75, 3.05) is 0 Å². The van der Waals surface area contributed by atoms with Gasteiger partial charge < -0.3 is 0 Å². The molecule has 1 aliphatic rings. The molecule has 0 aliphatic heterocycles. The Labute approximate surface area is 69.8 Å². The summed E-state index contributed by atoms with van der Waals surface area (Å²) >= 11 is 0. The van der Waals surface area contributed by atoms with E-state index in [2.05, 4.69) is 0 Å². The summed E-state index contributed by atoms with van der Waals surface area (Å²) in [5, 5.41) is 0. The van der Waals surface area contributed by atoms with Crippen LogP contribution in [-0.4, -0.2) is 6.18 Å². The molecule has 0 nitrogen and oxygen atoms in total. The Kier molecular flexibility index (Phi) is 2.31. The highest BCUT2D eigenvalue weighted by Crippen LogP contribution is 2.35. The SMILES string of the molecule is CC1=CC=C(C(F)(F)F)C[C@@H]1C. The van der Waals surface area contributed by atoms with Crippen molar-refractivity contribution in [3.05, 3.63) is 23.3 Å². The molecule has 0 fully saturated rings. The third kappa shape index (κ3) is 1.90. The molecule has 0 aromatic heterocycles. The molecule has 68 valence electrons. The first-order valence-corrected chi connectivity index (χ1v) is 3.86. The van der Waals surface area contributed by atoms with Crippen molar-refractivity contribution in [2.24, 2.45) is 5.92 Å². The van der Waals surface area contributed by atoms with Gasteiger partial charge in [0.2, 0.25) is 0 Å². The Morgan fingerprint density at radius 1 is 1.33 bits per heavy atom. The summed E-state index contributed by atoms with van der Waals surface area (Å²) < 4.78 is 36.4. The maximum absolute atomic E-state index is 12.1. The zero-order valence-corrected chi connectivity index (χ0v) is 7.07. The Morgan fingerprint density at radius 3 is 2.33 bits per heavy atom. The fourth-order valence-corrected chi connectivity index (χ4v) is 1.17. The zero-order chi connectivity index (χ0) is 9.35. The van der Waals surface area contributed by atoms with Gasteiger partial charge in [-0.25, -0.2) is 0 Å². The quantitative estimate of drug-likeness (QED) is 0.530. The van der Waals surface area contributed by atoms with Gasteiger partial charge in [0.1, 0.15) is 0 Å². The van der Waals surface area contributed by atoms with Crippen molar-refractivity contribution in [2.45, 2.75) is 26.4 Å². The van der Waals surface area contributed by atoms with E-state index in [9.17, 15) is 13.2 Å². The summed E-state index contributed by atoms with van der Waals surface area (Å²) in [6.45, 7) is 3.67. The normalized spacial score (nSPS) is 24.9. The number of allylic oxidation sites excluding steroid dienone is 4. The van der Waals surface area contributed by atoms with Gasteiger partial charge in [-0.1, -0.05) is 24.6 Å². The fourth-order valence-electron chi connectivity index (χ4n) is 1.17. The predicted molar refractivity (Wildman–Crippen MR) is 41.7 cm³/mol. The smallest absolute Gasteiger partial charge is 0.166 e. The van der Waals surface area contributed by atoms with Crippen LogP contribution < -0.4 is 0 Å². The summed E-state index contributed by atoms with van der Waals surface area (Å²) in [5.74, 6) is 0.0200. The minimum absolute atomic E-state index is 0.0200. The zero-order valence-electron chi connectivity index (χ0n) is 7.07. The van der Waals surface area contributed by atoms with Gasteiger partial charge in [0.15, 0.2) is 0 Å². The van der Waals surface area contributed by atoms with Crippen LogP contribution in [0.25, 0.3) is 0 Å². The lowest BCUT2D eigenvalue weighted by atomic mass is 9.89. The molecule has 3 heteroatoms. The van der Waals surface area contributed by atoms with Crippen LogP contribution in [0.15, 0.2) is 23.3 Å². The molecule has 0 radical (unpaired) electrons. The molecule has 0 spiro atoms. The highest BCUT2D eigenvalue weighted by Gasteiger charge is 2.34. The van der Waals surface area contributed by atoms with Crippen molar-refractivity contribution in [3.63, 3.8) is 0 Å². The van der Waals surface area contributed by atoms with Crippen molar-refractivity contribution >= 4 is 0 Å². The van der Waals surface area contributed by atoms with Gasteiger partial charge in [0.25, 0.3) is 0 Å². The summed E-state index contributed by atoms with van der Waals surface area (Å²) in [5.41, 5.74) is 0.601. The van der Waals surface area contributed by atoms with Crippen LogP contribution in [-0.2, 0) is 0 Å². The Balaban J connectivity index is 2.84. The van der Waals surface area contributed by atoms with E-state index >= 15 is 0 Å². The first-order chi connectivity index (χ1) is 5.41. The molecule has 0 aromatic carbocycles. The molecule has 0 amide bonds. The summed E-state index contributed by atoms with van der Waals surface area (Å²) in [6.07, 6.45) is -1.30. The molecule has 0 unspecified atom stereocenters. The van der Waals surface area contributed by atoms with E-state index in [1.54, 1.807) is 6.08 Å². The van der Waals surface area contributed by atoms with Gasteiger partial charge in [-0.15, -0.1) is 0 Å². The van der Waals surface area contributed by atoms with Crippen molar-refractivity contribution in [1.29, 1.82) is 0 Å². The molecule has 0 N–H and O–H groups in total. The first-order valence-electron chi connectivity index (χ1n) is 3.86. The number of halogens is 3. The Morgan fingerprint density at radius 2 is 1.92 bits per heavy atom. The van der Waals surface area contributed by atoms with Gasteiger partial charge in [-0.3, -0.25) is 0 Å². The number of rotatable bonds is 0. The van der Waals surface area contributed by atoms with E-state index in [0.717, 1.165) is 5.57 Å². The maximum atomic E-state index is 12.1. The van der Waals surface area contributed by atoms with Crippen molar-refractivity contribution in [3.8, 4) is 0 Å². The second-order valence-electron chi connectivity index (χ2n) is 3.21. The molecule has 0 saturated carbocycles. The van der Waals surface area contributed by atoms with E-state index < -0.39 is 11.7 Å². The van der Waals surface area contributed by atoms with Crippen LogP contribution in [0.4, 0.5) is 13.2 Å². The lowest BCUT2D eigenvalue weighted by Gasteiger charge is -2.20. The van der Waals surface area contributed by atoms with Crippen LogP contribution in [0.5, 0.6) is 0 Å². The average molecular weight is 176 g/mol. The van der Waals surface area contributed by atoms with E-state index in [-0.39, 0.29) is 12.3 Å². The molecule has 1 atom stereocenters. The van der Waals surface area contributed by atoms with E-state index in [4.69, 9.17) is 0 Å². The van der Waals surface area contributed by atoms with E-state index in [1.807, 2.05) is 13.8 Å². The molecule has 12 heavy (non-hydrogen) atoms. The standard InChI is InChI=1S/C9H11F3/c1-6-3-4-8(5-7(6)2)9(10,11)12/h3-4,7H,5H2,1-2H3/t7-/m0/s1. The monoisotopic (exact) mass is 176 g/mol. The van der Waals surface area contributed by atoms with Crippen molar-refractivity contribution < 1.29 is 13.2 Å². The number of alkyl halides is 3. The third-order valence-electron chi connectivity index (χ3n) is 2.21. The van der Waals surface area contributed by atoms with Gasteiger partial charge in [0, 0.05) is 5.57 Å². The molecular formula is C9H11F3. The first kappa shape index (κ1) is 9.36. The molecular weight excluding hydrogens is 165 g/mol. The highest BCUT2D eigenvalue weighted by molar-refractivity contribution is 5.27. The third-order valence-corrected chi connectivity index (χ3v) is 2.21. The number of hydrogen-bond donors (Lipinski definition) is 0. The van der Waals surface area contributed by atoms with Gasteiger partial charge in [0.05, 0.1) is 0 Å². The number of hydrogen-bond acceptors (Lipinski definition) is 0. The minimum atomic E-state index is -4.15. The highest BCUT2D eigenvalue weighted by atomic mass is 19.4. The van der Waals surface area contributed by atoms with Crippen LogP contribution in [0.3, 0.4) is 0 Å². The summed E-state index contributed by atoms with van der Waals surface area (Å²) in [7, 11) is 0. The average Bonchev–Trinajstić information content (AvgIpc) is 1.92. The lowest BCUT2D eigenvalue weighted by molar-refractivity contribution is -0.0950. The van der Waals surface area contributed by atoms with E-state index in [1.165, 1.54) is 6.08 Å². The van der Waals surface area contributed by atoms with Crippen molar-refractivity contribution in [1.82, 2.24) is 0 Å². The molecule has 0 saturated heterocycles.